The Morgan fingerprint density at radius 2 is 2.16 bits per heavy atom. The maximum atomic E-state index is 12.4. The molecule has 0 spiro atoms. The molecule has 25 heavy (non-hydrogen) atoms. The lowest BCUT2D eigenvalue weighted by Gasteiger charge is -2.34. The van der Waals surface area contributed by atoms with Gasteiger partial charge in [-0.3, -0.25) is 4.79 Å². The number of nitrogens with zero attached hydrogens (tertiary/aromatic N) is 2. The number of carbonyl (C=O) groups is 2. The molecular formula is C19H29N3O3. The van der Waals surface area contributed by atoms with E-state index in [9.17, 15) is 9.59 Å². The van der Waals surface area contributed by atoms with Gasteiger partial charge in [0.1, 0.15) is 12.3 Å². The Bertz CT molecular complexity index is 591. The summed E-state index contributed by atoms with van der Waals surface area (Å²) in [5.41, 5.74) is 1.03. The van der Waals surface area contributed by atoms with Crippen LogP contribution in [0, 0.1) is 5.92 Å². The van der Waals surface area contributed by atoms with Gasteiger partial charge in [-0.1, -0.05) is 32.4 Å². The van der Waals surface area contributed by atoms with Crippen LogP contribution in [0.5, 0.6) is 5.75 Å². The molecule has 6 nitrogen and oxygen atoms in total. The van der Waals surface area contributed by atoms with E-state index >= 15 is 0 Å². The first-order valence-corrected chi connectivity index (χ1v) is 8.97. The number of amides is 3. The van der Waals surface area contributed by atoms with Gasteiger partial charge in [0, 0.05) is 26.2 Å². The fourth-order valence-electron chi connectivity index (χ4n) is 2.78. The zero-order valence-electron chi connectivity index (χ0n) is 15.5. The minimum absolute atomic E-state index is 0.0221. The number of methoxy groups -OCH3 is 1. The first kappa shape index (κ1) is 19.1. The maximum Gasteiger partial charge on any atom is 0.317 e. The Balaban J connectivity index is 1.81. The van der Waals surface area contributed by atoms with E-state index < -0.39 is 0 Å². The van der Waals surface area contributed by atoms with Crippen molar-refractivity contribution in [3.63, 3.8) is 0 Å². The highest BCUT2D eigenvalue weighted by molar-refractivity contribution is 5.85. The number of rotatable bonds is 7. The standard InChI is InChI=1S/C19H29N3O3/c1-4-15(2)8-9-20-19(24)22-11-10-21(18(23)14-22)13-16-6-5-7-17(12-16)25-3/h5-7,12,15H,4,8-11,13-14H2,1-3H3,(H,20,24)/t15-/m0/s1. The zero-order valence-corrected chi connectivity index (χ0v) is 15.5. The van der Waals surface area contributed by atoms with E-state index in [1.807, 2.05) is 24.3 Å². The van der Waals surface area contributed by atoms with Crippen LogP contribution in [0.25, 0.3) is 0 Å². The van der Waals surface area contributed by atoms with Crippen molar-refractivity contribution in [3.8, 4) is 5.75 Å². The average molecular weight is 347 g/mol. The van der Waals surface area contributed by atoms with Gasteiger partial charge in [-0.2, -0.15) is 0 Å². The number of ether oxygens (including phenoxy) is 1. The predicted molar refractivity (Wildman–Crippen MR) is 97.5 cm³/mol. The number of urea groups is 1. The second-order valence-corrected chi connectivity index (χ2v) is 6.62. The SMILES string of the molecule is CC[C@H](C)CCNC(=O)N1CCN(Cc2cccc(OC)c2)C(=O)C1. The molecule has 138 valence electrons. The van der Waals surface area contributed by atoms with Gasteiger partial charge in [-0.25, -0.2) is 4.79 Å². The minimum atomic E-state index is -0.141. The van der Waals surface area contributed by atoms with Gasteiger partial charge in [0.15, 0.2) is 0 Å². The Labute approximate surface area is 150 Å². The third-order valence-corrected chi connectivity index (χ3v) is 4.72. The van der Waals surface area contributed by atoms with Crippen LogP contribution < -0.4 is 10.1 Å². The lowest BCUT2D eigenvalue weighted by molar-refractivity contribution is -0.135. The van der Waals surface area contributed by atoms with Crippen LogP contribution in [0.2, 0.25) is 0 Å². The molecule has 1 aliphatic heterocycles. The Morgan fingerprint density at radius 1 is 1.36 bits per heavy atom. The molecule has 0 aliphatic carbocycles. The summed E-state index contributed by atoms with van der Waals surface area (Å²) in [6, 6.07) is 7.56. The van der Waals surface area contributed by atoms with Crippen molar-refractivity contribution < 1.29 is 14.3 Å². The van der Waals surface area contributed by atoms with Crippen LogP contribution in [-0.4, -0.2) is 55.0 Å². The summed E-state index contributed by atoms with van der Waals surface area (Å²) >= 11 is 0. The fourth-order valence-corrected chi connectivity index (χ4v) is 2.78. The van der Waals surface area contributed by atoms with Crippen molar-refractivity contribution in [1.82, 2.24) is 15.1 Å². The van der Waals surface area contributed by atoms with Gasteiger partial charge in [0.2, 0.25) is 5.91 Å². The quantitative estimate of drug-likeness (QED) is 0.824. The smallest absolute Gasteiger partial charge is 0.317 e. The summed E-state index contributed by atoms with van der Waals surface area (Å²) in [5.74, 6) is 1.36. The van der Waals surface area contributed by atoms with E-state index in [2.05, 4.69) is 19.2 Å². The highest BCUT2D eigenvalue weighted by atomic mass is 16.5. The average Bonchev–Trinajstić information content (AvgIpc) is 2.63. The fraction of sp³-hybridized carbons (Fsp3) is 0.579. The molecule has 1 aromatic carbocycles. The lowest BCUT2D eigenvalue weighted by atomic mass is 10.1. The summed E-state index contributed by atoms with van der Waals surface area (Å²) < 4.78 is 5.22. The van der Waals surface area contributed by atoms with Gasteiger partial charge in [-0.05, 0) is 30.0 Å². The molecular weight excluding hydrogens is 318 g/mol. The first-order chi connectivity index (χ1) is 12.0. The van der Waals surface area contributed by atoms with Crippen LogP contribution in [0.4, 0.5) is 4.79 Å². The van der Waals surface area contributed by atoms with Crippen molar-refractivity contribution in [2.75, 3.05) is 33.3 Å². The molecule has 6 heteroatoms. The number of benzene rings is 1. The largest absolute Gasteiger partial charge is 0.497 e. The number of hydrogen-bond donors (Lipinski definition) is 1. The molecule has 1 N–H and O–H groups in total. The van der Waals surface area contributed by atoms with Gasteiger partial charge >= 0.3 is 6.03 Å². The molecule has 0 aromatic heterocycles. The first-order valence-electron chi connectivity index (χ1n) is 8.97. The zero-order chi connectivity index (χ0) is 18.2. The van der Waals surface area contributed by atoms with E-state index in [0.29, 0.717) is 32.1 Å². The third-order valence-electron chi connectivity index (χ3n) is 4.72. The van der Waals surface area contributed by atoms with Crippen LogP contribution in [-0.2, 0) is 11.3 Å². The third kappa shape index (κ3) is 5.66. The van der Waals surface area contributed by atoms with E-state index in [0.717, 1.165) is 24.2 Å². The van der Waals surface area contributed by atoms with Crippen LogP contribution in [0.3, 0.4) is 0 Å². The van der Waals surface area contributed by atoms with Gasteiger partial charge < -0.3 is 19.9 Å². The van der Waals surface area contributed by atoms with E-state index in [-0.39, 0.29) is 18.5 Å². The molecule has 0 radical (unpaired) electrons. The Morgan fingerprint density at radius 3 is 2.84 bits per heavy atom. The molecule has 1 saturated heterocycles. The number of carbonyl (C=O) groups excluding carboxylic acids is 2. The number of hydrogen-bond acceptors (Lipinski definition) is 3. The van der Waals surface area contributed by atoms with Gasteiger partial charge in [-0.15, -0.1) is 0 Å². The minimum Gasteiger partial charge on any atom is -0.497 e. The second kappa shape index (κ2) is 9.30. The molecule has 2 rings (SSSR count). The Hall–Kier alpha value is -2.24. The molecule has 1 atom stereocenters. The predicted octanol–water partition coefficient (Wildman–Crippen LogP) is 2.49. The molecule has 1 fully saturated rings. The van der Waals surface area contributed by atoms with Crippen molar-refractivity contribution in [3.05, 3.63) is 29.8 Å². The topological polar surface area (TPSA) is 61.9 Å². The van der Waals surface area contributed by atoms with Crippen molar-refractivity contribution in [1.29, 1.82) is 0 Å². The molecule has 1 heterocycles. The van der Waals surface area contributed by atoms with Gasteiger partial charge in [0.05, 0.1) is 7.11 Å². The van der Waals surface area contributed by atoms with Crippen molar-refractivity contribution >= 4 is 11.9 Å². The second-order valence-electron chi connectivity index (χ2n) is 6.62. The van der Waals surface area contributed by atoms with E-state index in [1.165, 1.54) is 0 Å². The van der Waals surface area contributed by atoms with E-state index in [1.54, 1.807) is 16.9 Å². The summed E-state index contributed by atoms with van der Waals surface area (Å²) in [6.07, 6.45) is 2.07. The highest BCUT2D eigenvalue weighted by Gasteiger charge is 2.27. The lowest BCUT2D eigenvalue weighted by Crippen LogP contribution is -2.54. The molecule has 0 bridgehead atoms. The molecule has 1 aromatic rings. The van der Waals surface area contributed by atoms with Gasteiger partial charge in [0.25, 0.3) is 0 Å². The maximum absolute atomic E-state index is 12.4. The van der Waals surface area contributed by atoms with Crippen molar-refractivity contribution in [2.24, 2.45) is 5.92 Å². The summed E-state index contributed by atoms with van der Waals surface area (Å²) in [7, 11) is 1.63. The Kier molecular flexibility index (Phi) is 7.10. The van der Waals surface area contributed by atoms with E-state index in [4.69, 9.17) is 4.74 Å². The van der Waals surface area contributed by atoms with Crippen LogP contribution in [0.1, 0.15) is 32.3 Å². The summed E-state index contributed by atoms with van der Waals surface area (Å²) in [4.78, 5) is 27.9. The molecule has 0 saturated carbocycles. The number of nitrogens with one attached hydrogen (secondary N) is 1. The highest BCUT2D eigenvalue weighted by Crippen LogP contribution is 2.16. The molecule has 3 amide bonds. The monoisotopic (exact) mass is 347 g/mol. The summed E-state index contributed by atoms with van der Waals surface area (Å²) in [6.45, 7) is 6.77. The van der Waals surface area contributed by atoms with Crippen LogP contribution >= 0.6 is 0 Å². The van der Waals surface area contributed by atoms with Crippen molar-refractivity contribution in [2.45, 2.75) is 33.2 Å². The number of piperazine rings is 1. The normalized spacial score (nSPS) is 15.9. The van der Waals surface area contributed by atoms with Crippen LogP contribution in [0.15, 0.2) is 24.3 Å². The molecule has 0 unspecified atom stereocenters. The molecule has 1 aliphatic rings. The summed E-state index contributed by atoms with van der Waals surface area (Å²) in [5, 5.41) is 2.92.